The fraction of sp³-hybridized carbons (Fsp3) is 0. The number of nitrogens with zero attached hydrogens (tertiary/aromatic N) is 3. The number of amides is 1. The summed E-state index contributed by atoms with van der Waals surface area (Å²) in [5.74, 6) is -1.34. The summed E-state index contributed by atoms with van der Waals surface area (Å²) in [7, 11) is 0. The Hall–Kier alpha value is -3.02. The van der Waals surface area contributed by atoms with Gasteiger partial charge in [-0.2, -0.15) is 0 Å². The van der Waals surface area contributed by atoms with Gasteiger partial charge in [0.05, 0.1) is 26.5 Å². The summed E-state index contributed by atoms with van der Waals surface area (Å²) in [5, 5.41) is 32.6. The van der Waals surface area contributed by atoms with E-state index in [4.69, 9.17) is 23.8 Å². The second-order valence-corrected chi connectivity index (χ2v) is 7.53. The number of aromatic hydroxyl groups is 1. The number of anilines is 1. The molecule has 1 aliphatic heterocycles. The van der Waals surface area contributed by atoms with E-state index < -0.39 is 32.9 Å². The summed E-state index contributed by atoms with van der Waals surface area (Å²) in [5.41, 5.74) is -1.26. The smallest absolute Gasteiger partial charge is 0.318 e. The number of halogens is 1. The lowest BCUT2D eigenvalue weighted by Crippen LogP contribution is -2.27. The molecular weight excluding hydrogens is 430 g/mol. The highest BCUT2D eigenvalue weighted by Crippen LogP contribution is 2.40. The third kappa shape index (κ3) is 3.67. The van der Waals surface area contributed by atoms with Gasteiger partial charge in [-0.15, -0.1) is 0 Å². The molecule has 0 aliphatic carbocycles. The average molecular weight is 438 g/mol. The molecular formula is C16H8ClN3O6S2. The average Bonchev–Trinajstić information content (AvgIpc) is 2.89. The van der Waals surface area contributed by atoms with Crippen LogP contribution >= 0.6 is 35.6 Å². The first kappa shape index (κ1) is 19.7. The van der Waals surface area contributed by atoms with Crippen LogP contribution in [0.25, 0.3) is 6.08 Å². The zero-order valence-electron chi connectivity index (χ0n) is 13.6. The van der Waals surface area contributed by atoms with E-state index in [-0.39, 0.29) is 14.8 Å². The van der Waals surface area contributed by atoms with E-state index in [1.165, 1.54) is 11.0 Å². The summed E-state index contributed by atoms with van der Waals surface area (Å²) in [4.78, 5) is 34.3. The van der Waals surface area contributed by atoms with Gasteiger partial charge in [0.25, 0.3) is 11.6 Å². The van der Waals surface area contributed by atoms with E-state index in [9.17, 15) is 30.1 Å². The Morgan fingerprint density at radius 2 is 1.89 bits per heavy atom. The summed E-state index contributed by atoms with van der Waals surface area (Å²) in [6, 6.07) is 7.99. The van der Waals surface area contributed by atoms with Gasteiger partial charge >= 0.3 is 5.69 Å². The lowest BCUT2D eigenvalue weighted by Gasteiger charge is -2.14. The maximum Gasteiger partial charge on any atom is 0.318 e. The number of carbonyl (C=O) groups excluding carboxylic acids is 1. The van der Waals surface area contributed by atoms with Gasteiger partial charge in [0.15, 0.2) is 4.32 Å². The minimum absolute atomic E-state index is 0.0371. The van der Waals surface area contributed by atoms with E-state index in [1.807, 2.05) is 0 Å². The number of carbonyl (C=O) groups is 1. The Morgan fingerprint density at radius 1 is 1.18 bits per heavy atom. The van der Waals surface area contributed by atoms with Crippen LogP contribution in [0.15, 0.2) is 41.3 Å². The van der Waals surface area contributed by atoms with Gasteiger partial charge in [-0.25, -0.2) is 0 Å². The molecule has 1 aliphatic rings. The van der Waals surface area contributed by atoms with Crippen LogP contribution in [-0.2, 0) is 4.79 Å². The van der Waals surface area contributed by atoms with Gasteiger partial charge in [-0.1, -0.05) is 41.6 Å². The third-order valence-corrected chi connectivity index (χ3v) is 5.20. The number of phenols is 1. The highest BCUT2D eigenvalue weighted by atomic mass is 35.5. The largest absolute Gasteiger partial charge is 0.502 e. The molecule has 12 heteroatoms. The van der Waals surface area contributed by atoms with E-state index in [2.05, 4.69) is 0 Å². The molecule has 1 saturated heterocycles. The van der Waals surface area contributed by atoms with Crippen molar-refractivity contribution in [2.45, 2.75) is 0 Å². The van der Waals surface area contributed by atoms with E-state index in [1.54, 1.807) is 18.2 Å². The minimum Gasteiger partial charge on any atom is -0.502 e. The summed E-state index contributed by atoms with van der Waals surface area (Å²) in [6.07, 6.45) is 1.12. The molecule has 9 nitrogen and oxygen atoms in total. The van der Waals surface area contributed by atoms with Crippen molar-refractivity contribution in [2.24, 2.45) is 0 Å². The number of thioether (sulfide) groups is 1. The quantitative estimate of drug-likeness (QED) is 0.325. The molecule has 1 N–H and O–H groups in total. The van der Waals surface area contributed by atoms with Crippen molar-refractivity contribution in [1.82, 2.24) is 0 Å². The number of rotatable bonds is 4. The van der Waals surface area contributed by atoms with E-state index >= 15 is 0 Å². The third-order valence-electron chi connectivity index (χ3n) is 3.66. The van der Waals surface area contributed by atoms with Crippen LogP contribution in [0.3, 0.4) is 0 Å². The van der Waals surface area contributed by atoms with Crippen molar-refractivity contribution >= 4 is 68.9 Å². The summed E-state index contributed by atoms with van der Waals surface area (Å²) < 4.78 is 0.179. The first-order valence-corrected chi connectivity index (χ1v) is 8.98. The lowest BCUT2D eigenvalue weighted by atomic mass is 10.1. The number of hydrogen-bond acceptors (Lipinski definition) is 8. The van der Waals surface area contributed by atoms with Crippen molar-refractivity contribution < 1.29 is 19.7 Å². The molecule has 142 valence electrons. The molecule has 0 bridgehead atoms. The zero-order valence-corrected chi connectivity index (χ0v) is 16.0. The fourth-order valence-electron chi connectivity index (χ4n) is 2.43. The van der Waals surface area contributed by atoms with Crippen molar-refractivity contribution in [3.63, 3.8) is 0 Å². The SMILES string of the molecule is O=C1/C(=C\c2cc([N+](=O)[O-])cc([N+](=O)[O-])c2O)SC(=S)N1c1cccc(Cl)c1. The van der Waals surface area contributed by atoms with Crippen LogP contribution in [0.1, 0.15) is 5.56 Å². The zero-order chi connectivity index (χ0) is 20.6. The van der Waals surface area contributed by atoms with Crippen LogP contribution in [0.4, 0.5) is 17.1 Å². The maximum absolute atomic E-state index is 12.7. The molecule has 28 heavy (non-hydrogen) atoms. The Labute approximate surface area is 171 Å². The molecule has 0 atom stereocenters. The highest BCUT2D eigenvalue weighted by Gasteiger charge is 2.34. The standard InChI is InChI=1S/C16H8ClN3O6S2/c17-9-2-1-3-10(6-9)18-15(22)13(28-16(18)27)5-8-4-11(19(23)24)7-12(14(8)21)20(25)26/h1-7,21H/b13-5+. The van der Waals surface area contributed by atoms with Gasteiger partial charge in [-0.3, -0.25) is 29.9 Å². The Kier molecular flexibility index (Phi) is 5.31. The Bertz CT molecular complexity index is 1090. The van der Waals surface area contributed by atoms with Gasteiger partial charge in [0, 0.05) is 16.7 Å². The Morgan fingerprint density at radius 3 is 2.50 bits per heavy atom. The molecule has 0 unspecified atom stereocenters. The molecule has 1 fully saturated rings. The maximum atomic E-state index is 12.7. The Balaban J connectivity index is 2.07. The minimum atomic E-state index is -0.948. The van der Waals surface area contributed by atoms with Crippen LogP contribution in [0, 0.1) is 20.2 Å². The van der Waals surface area contributed by atoms with Crippen LogP contribution < -0.4 is 4.90 Å². The van der Waals surface area contributed by atoms with Crippen molar-refractivity contribution in [1.29, 1.82) is 0 Å². The number of phenolic OH excluding ortho intramolecular Hbond substituents is 1. The second kappa shape index (κ2) is 7.54. The monoisotopic (exact) mass is 437 g/mol. The first-order valence-electron chi connectivity index (χ1n) is 7.38. The van der Waals surface area contributed by atoms with Crippen LogP contribution in [-0.4, -0.2) is 25.2 Å². The van der Waals surface area contributed by atoms with Gasteiger partial charge < -0.3 is 5.11 Å². The molecule has 2 aromatic carbocycles. The predicted molar refractivity (Wildman–Crippen MR) is 109 cm³/mol. The van der Waals surface area contributed by atoms with Gasteiger partial charge in [0.2, 0.25) is 5.75 Å². The van der Waals surface area contributed by atoms with Gasteiger partial charge in [0.1, 0.15) is 0 Å². The fourth-order valence-corrected chi connectivity index (χ4v) is 3.90. The molecule has 0 aromatic heterocycles. The lowest BCUT2D eigenvalue weighted by molar-refractivity contribution is -0.394. The molecule has 0 radical (unpaired) electrons. The number of nitro groups is 2. The number of nitro benzene ring substituents is 2. The van der Waals surface area contributed by atoms with E-state index in [0.717, 1.165) is 23.9 Å². The van der Waals surface area contributed by atoms with E-state index in [0.29, 0.717) is 16.8 Å². The molecule has 1 amide bonds. The molecule has 1 heterocycles. The second-order valence-electron chi connectivity index (χ2n) is 5.41. The molecule has 3 rings (SSSR count). The van der Waals surface area contributed by atoms with Crippen LogP contribution in [0.2, 0.25) is 5.02 Å². The number of non-ortho nitro benzene ring substituents is 1. The molecule has 0 saturated carbocycles. The number of thiocarbonyl (C=S) groups is 1. The van der Waals surface area contributed by atoms with Crippen molar-refractivity contribution in [3.05, 3.63) is 72.1 Å². The number of benzene rings is 2. The van der Waals surface area contributed by atoms with Crippen molar-refractivity contribution in [3.8, 4) is 5.75 Å². The molecule has 0 spiro atoms. The summed E-state index contributed by atoms with van der Waals surface area (Å²) in [6.45, 7) is 0. The predicted octanol–water partition coefficient (Wildman–Crippen LogP) is 4.27. The molecule has 2 aromatic rings. The van der Waals surface area contributed by atoms with Gasteiger partial charge in [-0.05, 0) is 24.3 Å². The topological polar surface area (TPSA) is 127 Å². The number of hydrogen-bond donors (Lipinski definition) is 1. The normalized spacial score (nSPS) is 15.3. The van der Waals surface area contributed by atoms with Crippen LogP contribution in [0.5, 0.6) is 5.75 Å². The first-order chi connectivity index (χ1) is 13.2. The van der Waals surface area contributed by atoms with Crippen molar-refractivity contribution in [2.75, 3.05) is 4.90 Å². The summed E-state index contributed by atoms with van der Waals surface area (Å²) >= 11 is 12.0. The highest BCUT2D eigenvalue weighted by molar-refractivity contribution is 8.27.